The van der Waals surface area contributed by atoms with E-state index in [9.17, 15) is 20.4 Å². The molecule has 2 saturated carbocycles. The van der Waals surface area contributed by atoms with Crippen LogP contribution in [0.5, 0.6) is 0 Å². The molecule has 0 bridgehead atoms. The second-order valence-corrected chi connectivity index (χ2v) is 14.4. The summed E-state index contributed by atoms with van der Waals surface area (Å²) in [4.78, 5) is 0. The number of hydrogen-bond donors (Lipinski definition) is 8. The molecule has 0 unspecified atom stereocenters. The van der Waals surface area contributed by atoms with Crippen LogP contribution < -0.4 is 22.9 Å². The molecular weight excluding hydrogens is 644 g/mol. The second kappa shape index (κ2) is 21.4. The summed E-state index contributed by atoms with van der Waals surface area (Å²) in [5.41, 5.74) is 25.7. The fourth-order valence-electron chi connectivity index (χ4n) is 7.01. The zero-order valence-electron chi connectivity index (χ0n) is 29.7. The third kappa shape index (κ3) is 12.8. The lowest BCUT2D eigenvalue weighted by Crippen LogP contribution is -2.62. The summed E-state index contributed by atoms with van der Waals surface area (Å²) in [6.07, 6.45) is 14.1. The van der Waals surface area contributed by atoms with Crippen molar-refractivity contribution in [2.45, 2.75) is 177 Å². The molecule has 2 fully saturated rings. The number of aliphatic hydroxyl groups excluding tert-OH is 4. The van der Waals surface area contributed by atoms with Crippen molar-refractivity contribution in [3.63, 3.8) is 0 Å². The number of unbranched alkanes of at least 4 members (excludes halogenated alkanes) is 9. The Balaban J connectivity index is 0.931. The maximum Gasteiger partial charge on any atom is 0.109 e. The minimum absolute atomic E-state index is 0.380. The second-order valence-electron chi connectivity index (χ2n) is 14.4. The van der Waals surface area contributed by atoms with E-state index < -0.39 is 48.7 Å². The van der Waals surface area contributed by atoms with Crippen molar-refractivity contribution in [3.8, 4) is 0 Å². The van der Waals surface area contributed by atoms with E-state index in [2.05, 4.69) is 20.6 Å². The average Bonchev–Trinajstić information content (AvgIpc) is 3.75. The van der Waals surface area contributed by atoms with Gasteiger partial charge in [-0.15, -0.1) is 10.2 Å². The molecule has 2 aromatic heterocycles. The molecule has 0 saturated heterocycles. The van der Waals surface area contributed by atoms with Crippen LogP contribution in [-0.4, -0.2) is 124 Å². The van der Waals surface area contributed by atoms with Gasteiger partial charge in [-0.3, -0.25) is 9.36 Å². The van der Waals surface area contributed by atoms with Crippen LogP contribution in [0, 0.1) is 0 Å². The van der Waals surface area contributed by atoms with E-state index in [0.29, 0.717) is 26.1 Å². The molecule has 0 amide bonds. The Bertz CT molecular complexity index is 1110. The van der Waals surface area contributed by atoms with Gasteiger partial charge in [0.05, 0.1) is 23.6 Å². The summed E-state index contributed by atoms with van der Waals surface area (Å²) < 4.78 is 15.4. The smallest absolute Gasteiger partial charge is 0.109 e. The SMILES string of the molecule is N[C@@H]1C[C@H](N)[C@@H](OCCCCc2cn(CCCCCCCCCCn3cc(CCCCO[C@H]4[C@H](O)[C@@H](O)[C@H](N)C[C@@H]4N)nn3)nn2)[C@H](O)[C@H]1O. The molecule has 0 spiro atoms. The van der Waals surface area contributed by atoms with Crippen LogP contribution in [0.3, 0.4) is 0 Å². The molecule has 2 aliphatic rings. The molecule has 10 atom stereocenters. The Labute approximate surface area is 296 Å². The molecule has 4 rings (SSSR count). The molecule has 286 valence electrons. The predicted molar refractivity (Wildman–Crippen MR) is 187 cm³/mol. The Morgan fingerprint density at radius 1 is 0.520 bits per heavy atom. The van der Waals surface area contributed by atoms with Crippen molar-refractivity contribution >= 4 is 0 Å². The Hall–Kier alpha value is -2.12. The summed E-state index contributed by atoms with van der Waals surface area (Å²) in [7, 11) is 0. The highest BCUT2D eigenvalue weighted by Crippen LogP contribution is 2.22. The summed E-state index contributed by atoms with van der Waals surface area (Å²) in [5.74, 6) is 0. The van der Waals surface area contributed by atoms with Crippen LogP contribution >= 0.6 is 0 Å². The number of aromatic nitrogens is 6. The van der Waals surface area contributed by atoms with Gasteiger partial charge in [0.2, 0.25) is 0 Å². The maximum atomic E-state index is 10.2. The van der Waals surface area contributed by atoms with Crippen LogP contribution in [0.2, 0.25) is 0 Å². The Morgan fingerprint density at radius 2 is 0.900 bits per heavy atom. The molecule has 0 radical (unpaired) electrons. The fraction of sp³-hybridized carbons (Fsp3) is 0.882. The van der Waals surface area contributed by atoms with Crippen molar-refractivity contribution in [1.29, 1.82) is 0 Å². The van der Waals surface area contributed by atoms with E-state index in [1.807, 2.05) is 21.8 Å². The van der Waals surface area contributed by atoms with Gasteiger partial charge in [0, 0.05) is 62.9 Å². The van der Waals surface area contributed by atoms with Crippen LogP contribution in [0.4, 0.5) is 0 Å². The molecule has 12 N–H and O–H groups in total. The van der Waals surface area contributed by atoms with E-state index in [-0.39, 0.29) is 12.1 Å². The van der Waals surface area contributed by atoms with Crippen LogP contribution in [0.1, 0.15) is 101 Å². The lowest BCUT2D eigenvalue weighted by Gasteiger charge is -2.39. The van der Waals surface area contributed by atoms with E-state index in [1.165, 1.54) is 38.5 Å². The summed E-state index contributed by atoms with van der Waals surface area (Å²) >= 11 is 0. The van der Waals surface area contributed by atoms with Gasteiger partial charge in [0.25, 0.3) is 0 Å². The first-order chi connectivity index (χ1) is 24.1. The highest BCUT2D eigenvalue weighted by molar-refractivity contribution is 4.99. The van der Waals surface area contributed by atoms with Crippen LogP contribution in [0.25, 0.3) is 0 Å². The molecule has 50 heavy (non-hydrogen) atoms. The van der Waals surface area contributed by atoms with Crippen molar-refractivity contribution in [3.05, 3.63) is 23.8 Å². The largest absolute Gasteiger partial charge is 0.389 e. The molecule has 16 nitrogen and oxygen atoms in total. The fourth-order valence-corrected chi connectivity index (χ4v) is 7.01. The molecule has 0 aliphatic heterocycles. The van der Waals surface area contributed by atoms with Gasteiger partial charge in [0.15, 0.2) is 0 Å². The predicted octanol–water partition coefficient (Wildman–Crippen LogP) is -0.333. The van der Waals surface area contributed by atoms with Gasteiger partial charge in [-0.25, -0.2) is 0 Å². The van der Waals surface area contributed by atoms with Crippen LogP contribution in [0.15, 0.2) is 12.4 Å². The Morgan fingerprint density at radius 3 is 1.30 bits per heavy atom. The standard InChI is InChI=1S/C34H64N10O6/c35-25-19-27(37)33(31(47)29(25)45)49-17-11-7-13-23-21-43(41-39-23)15-9-5-3-1-2-4-6-10-16-44-22-24(40-42-44)14-8-12-18-50-34-28(38)20-26(36)30(46)32(34)48/h21-22,25-34,45-48H,1-20,35-38H2/t25-,26-,27+,28+,29+,30+,31-,32-,33-,34-/m1/s1. The first-order valence-corrected chi connectivity index (χ1v) is 18.9. The molecule has 2 heterocycles. The third-order valence-corrected chi connectivity index (χ3v) is 10.2. The van der Waals surface area contributed by atoms with Gasteiger partial charge in [-0.2, -0.15) is 0 Å². The summed E-state index contributed by atoms with van der Waals surface area (Å²) in [6, 6.07) is -1.80. The first-order valence-electron chi connectivity index (χ1n) is 18.9. The van der Waals surface area contributed by atoms with Gasteiger partial charge in [-0.1, -0.05) is 49.0 Å². The average molecular weight is 709 g/mol. The zero-order chi connectivity index (χ0) is 35.9. The first kappa shape index (κ1) is 40.6. The number of nitrogens with zero attached hydrogens (tertiary/aromatic N) is 6. The van der Waals surface area contributed by atoms with Crippen molar-refractivity contribution in [2.75, 3.05) is 13.2 Å². The topological polar surface area (TPSA) is 265 Å². The number of rotatable bonds is 23. The number of nitrogens with two attached hydrogens (primary N) is 4. The normalized spacial score (nSPS) is 30.2. The number of aliphatic hydroxyl groups is 4. The summed E-state index contributed by atoms with van der Waals surface area (Å²) in [5, 5.41) is 57.5. The van der Waals surface area contributed by atoms with Gasteiger partial charge in [-0.05, 0) is 64.2 Å². The van der Waals surface area contributed by atoms with Crippen LogP contribution in [-0.2, 0) is 35.4 Å². The number of ether oxygens (including phenoxy) is 2. The maximum absolute atomic E-state index is 10.2. The highest BCUT2D eigenvalue weighted by atomic mass is 16.5. The van der Waals surface area contributed by atoms with Gasteiger partial charge < -0.3 is 52.8 Å². The van der Waals surface area contributed by atoms with E-state index >= 15 is 0 Å². The third-order valence-electron chi connectivity index (χ3n) is 10.2. The van der Waals surface area contributed by atoms with Crippen molar-refractivity contribution in [2.24, 2.45) is 22.9 Å². The minimum atomic E-state index is -1.06. The molecule has 2 aliphatic carbocycles. The zero-order valence-corrected chi connectivity index (χ0v) is 29.7. The summed E-state index contributed by atoms with van der Waals surface area (Å²) in [6.45, 7) is 2.68. The molecular formula is C34H64N10O6. The van der Waals surface area contributed by atoms with Gasteiger partial charge in [0.1, 0.15) is 24.4 Å². The lowest BCUT2D eigenvalue weighted by molar-refractivity contribution is -0.127. The van der Waals surface area contributed by atoms with Crippen molar-refractivity contribution in [1.82, 2.24) is 30.0 Å². The number of hydrogen-bond acceptors (Lipinski definition) is 14. The van der Waals surface area contributed by atoms with Gasteiger partial charge >= 0.3 is 0 Å². The van der Waals surface area contributed by atoms with E-state index in [0.717, 1.165) is 75.8 Å². The quantitative estimate of drug-likeness (QED) is 0.0687. The van der Waals surface area contributed by atoms with E-state index in [1.54, 1.807) is 0 Å². The molecule has 2 aromatic rings. The number of aryl methyl sites for hydroxylation is 4. The lowest BCUT2D eigenvalue weighted by atomic mass is 9.85. The minimum Gasteiger partial charge on any atom is -0.389 e. The molecule has 16 heteroatoms. The van der Waals surface area contributed by atoms with E-state index in [4.69, 9.17) is 32.4 Å². The van der Waals surface area contributed by atoms with Crippen molar-refractivity contribution < 1.29 is 29.9 Å². The Kier molecular flexibility index (Phi) is 17.4. The molecule has 0 aromatic carbocycles. The highest BCUT2D eigenvalue weighted by Gasteiger charge is 2.42. The monoisotopic (exact) mass is 709 g/mol.